The highest BCUT2D eigenvalue weighted by atomic mass is 16.5. The molecule has 3 rings (SSSR count). The number of hydrogen-bond acceptors (Lipinski definition) is 6. The first-order chi connectivity index (χ1) is 11.2. The molecule has 0 unspecified atom stereocenters. The van der Waals surface area contributed by atoms with E-state index < -0.39 is 0 Å². The molecule has 2 heterocycles. The van der Waals surface area contributed by atoms with Crippen LogP contribution < -0.4 is 15.0 Å². The normalized spacial score (nSPS) is 13.5. The number of carbonyl (C=O) groups excluding carboxylic acids is 1. The number of amides is 1. The standard InChI is InChI=1S/C16H18N4O3/c1-11-18-15(17-7-8-21)14-16(19-11)20(13(22)10-23-14)9-12-5-3-2-4-6-12/h2-6,21H,7-10H2,1H3,(H,17,18,19). The van der Waals surface area contributed by atoms with Crippen LogP contribution in [-0.2, 0) is 11.3 Å². The Kier molecular flexibility index (Phi) is 4.38. The fourth-order valence-electron chi connectivity index (χ4n) is 2.42. The van der Waals surface area contributed by atoms with Crippen molar-refractivity contribution in [3.8, 4) is 5.75 Å². The lowest BCUT2D eigenvalue weighted by molar-refractivity contribution is -0.121. The Balaban J connectivity index is 1.97. The zero-order valence-electron chi connectivity index (χ0n) is 12.8. The molecule has 0 aliphatic carbocycles. The Morgan fingerprint density at radius 1 is 1.30 bits per heavy atom. The van der Waals surface area contributed by atoms with Gasteiger partial charge in [0.2, 0.25) is 5.75 Å². The smallest absolute Gasteiger partial charge is 0.266 e. The fourth-order valence-corrected chi connectivity index (χ4v) is 2.42. The molecule has 7 nitrogen and oxygen atoms in total. The molecule has 1 amide bonds. The third-order valence-corrected chi connectivity index (χ3v) is 3.44. The molecule has 1 aromatic heterocycles. The van der Waals surface area contributed by atoms with Gasteiger partial charge >= 0.3 is 0 Å². The topological polar surface area (TPSA) is 87.6 Å². The second-order valence-electron chi connectivity index (χ2n) is 5.18. The zero-order chi connectivity index (χ0) is 16.2. The van der Waals surface area contributed by atoms with E-state index in [2.05, 4.69) is 15.3 Å². The van der Waals surface area contributed by atoms with Crippen LogP contribution in [0.3, 0.4) is 0 Å². The highest BCUT2D eigenvalue weighted by Gasteiger charge is 2.30. The Labute approximate surface area is 133 Å². The summed E-state index contributed by atoms with van der Waals surface area (Å²) in [5.74, 6) is 1.78. The maximum Gasteiger partial charge on any atom is 0.266 e. The van der Waals surface area contributed by atoms with Crippen molar-refractivity contribution < 1.29 is 14.6 Å². The quantitative estimate of drug-likeness (QED) is 0.860. The third kappa shape index (κ3) is 3.24. The molecule has 0 spiro atoms. The van der Waals surface area contributed by atoms with Crippen molar-refractivity contribution in [1.29, 1.82) is 0 Å². The highest BCUT2D eigenvalue weighted by molar-refractivity contribution is 5.97. The number of anilines is 2. The van der Waals surface area contributed by atoms with Crippen LogP contribution in [0, 0.1) is 6.92 Å². The Bertz CT molecular complexity index is 706. The lowest BCUT2D eigenvalue weighted by Crippen LogP contribution is -2.39. The molecule has 0 fully saturated rings. The molecule has 0 saturated carbocycles. The van der Waals surface area contributed by atoms with E-state index in [0.717, 1.165) is 5.56 Å². The van der Waals surface area contributed by atoms with Crippen molar-refractivity contribution in [2.75, 3.05) is 30.0 Å². The number of aryl methyl sites for hydroxylation is 1. The summed E-state index contributed by atoms with van der Waals surface area (Å²) in [6, 6.07) is 9.71. The van der Waals surface area contributed by atoms with E-state index >= 15 is 0 Å². The van der Waals surface area contributed by atoms with Gasteiger partial charge in [-0.25, -0.2) is 9.97 Å². The number of aliphatic hydroxyl groups is 1. The zero-order valence-corrected chi connectivity index (χ0v) is 12.8. The van der Waals surface area contributed by atoms with Gasteiger partial charge < -0.3 is 15.2 Å². The van der Waals surface area contributed by atoms with E-state index in [4.69, 9.17) is 9.84 Å². The third-order valence-electron chi connectivity index (χ3n) is 3.44. The summed E-state index contributed by atoms with van der Waals surface area (Å²) in [5, 5.41) is 12.0. The van der Waals surface area contributed by atoms with Crippen molar-refractivity contribution >= 4 is 17.5 Å². The predicted octanol–water partition coefficient (Wildman–Crippen LogP) is 1.11. The van der Waals surface area contributed by atoms with Crippen molar-refractivity contribution in [2.45, 2.75) is 13.5 Å². The molecule has 0 radical (unpaired) electrons. The molecule has 23 heavy (non-hydrogen) atoms. The van der Waals surface area contributed by atoms with Gasteiger partial charge in [-0.3, -0.25) is 9.69 Å². The first kappa shape index (κ1) is 15.2. The minimum Gasteiger partial charge on any atom is -0.476 e. The molecule has 0 atom stereocenters. The number of aromatic nitrogens is 2. The fraction of sp³-hybridized carbons (Fsp3) is 0.312. The Morgan fingerprint density at radius 2 is 2.09 bits per heavy atom. The van der Waals surface area contributed by atoms with Crippen molar-refractivity contribution in [3.05, 3.63) is 41.7 Å². The molecule has 1 aliphatic rings. The lowest BCUT2D eigenvalue weighted by Gasteiger charge is -2.29. The SMILES string of the molecule is Cc1nc(NCCO)c2c(n1)N(Cc1ccccc1)C(=O)CO2. The van der Waals surface area contributed by atoms with Gasteiger partial charge in [-0.2, -0.15) is 0 Å². The second kappa shape index (κ2) is 6.62. The number of ether oxygens (including phenoxy) is 1. The van der Waals surface area contributed by atoms with E-state index in [1.54, 1.807) is 11.8 Å². The minimum absolute atomic E-state index is 0.0233. The van der Waals surface area contributed by atoms with Gasteiger partial charge in [0.05, 0.1) is 13.2 Å². The largest absolute Gasteiger partial charge is 0.476 e. The molecule has 2 aromatic rings. The second-order valence-corrected chi connectivity index (χ2v) is 5.18. The number of nitrogens with zero attached hydrogens (tertiary/aromatic N) is 3. The van der Waals surface area contributed by atoms with E-state index in [1.165, 1.54) is 0 Å². The number of fused-ring (bicyclic) bond motifs is 1. The van der Waals surface area contributed by atoms with E-state index in [9.17, 15) is 4.79 Å². The molecule has 1 aliphatic heterocycles. The first-order valence-electron chi connectivity index (χ1n) is 7.39. The van der Waals surface area contributed by atoms with Gasteiger partial charge in [0.25, 0.3) is 5.91 Å². The van der Waals surface area contributed by atoms with Crippen LogP contribution in [-0.4, -0.2) is 40.7 Å². The van der Waals surface area contributed by atoms with Crippen molar-refractivity contribution in [2.24, 2.45) is 0 Å². The van der Waals surface area contributed by atoms with E-state index in [1.807, 2.05) is 30.3 Å². The molecular formula is C16H18N4O3. The van der Waals surface area contributed by atoms with Crippen molar-refractivity contribution in [1.82, 2.24) is 9.97 Å². The number of carbonyl (C=O) groups is 1. The van der Waals surface area contributed by atoms with Crippen LogP contribution in [0.25, 0.3) is 0 Å². The number of nitrogens with one attached hydrogen (secondary N) is 1. The van der Waals surface area contributed by atoms with Crippen LogP contribution in [0.4, 0.5) is 11.6 Å². The summed E-state index contributed by atoms with van der Waals surface area (Å²) in [7, 11) is 0. The van der Waals surface area contributed by atoms with Crippen LogP contribution in [0.5, 0.6) is 5.75 Å². The summed E-state index contributed by atoms with van der Waals surface area (Å²) in [6.45, 7) is 2.44. The van der Waals surface area contributed by atoms with Gasteiger partial charge in [0.1, 0.15) is 5.82 Å². The Morgan fingerprint density at radius 3 is 2.83 bits per heavy atom. The molecule has 0 saturated heterocycles. The van der Waals surface area contributed by atoms with Crippen LogP contribution in [0.2, 0.25) is 0 Å². The number of rotatable bonds is 5. The molecule has 1 aromatic carbocycles. The average Bonchev–Trinajstić information content (AvgIpc) is 2.56. The van der Waals surface area contributed by atoms with Gasteiger partial charge in [0.15, 0.2) is 18.2 Å². The van der Waals surface area contributed by atoms with Crippen LogP contribution in [0.1, 0.15) is 11.4 Å². The molecule has 2 N–H and O–H groups in total. The first-order valence-corrected chi connectivity index (χ1v) is 7.39. The minimum atomic E-state index is -0.146. The monoisotopic (exact) mass is 314 g/mol. The van der Waals surface area contributed by atoms with Gasteiger partial charge in [-0.05, 0) is 12.5 Å². The summed E-state index contributed by atoms with van der Waals surface area (Å²) in [4.78, 5) is 22.6. The molecule has 7 heteroatoms. The number of hydrogen-bond donors (Lipinski definition) is 2. The van der Waals surface area contributed by atoms with Gasteiger partial charge in [-0.15, -0.1) is 0 Å². The highest BCUT2D eigenvalue weighted by Crippen LogP contribution is 2.36. The maximum atomic E-state index is 12.3. The lowest BCUT2D eigenvalue weighted by atomic mass is 10.2. The Hall–Kier alpha value is -2.67. The van der Waals surface area contributed by atoms with Crippen LogP contribution in [0.15, 0.2) is 30.3 Å². The van der Waals surface area contributed by atoms with Gasteiger partial charge in [-0.1, -0.05) is 30.3 Å². The number of aliphatic hydroxyl groups excluding tert-OH is 1. The number of benzene rings is 1. The van der Waals surface area contributed by atoms with Crippen molar-refractivity contribution in [3.63, 3.8) is 0 Å². The van der Waals surface area contributed by atoms with E-state index in [-0.39, 0.29) is 19.1 Å². The van der Waals surface area contributed by atoms with Crippen LogP contribution >= 0.6 is 0 Å². The summed E-state index contributed by atoms with van der Waals surface area (Å²) in [6.07, 6.45) is 0. The summed E-state index contributed by atoms with van der Waals surface area (Å²) >= 11 is 0. The molecular weight excluding hydrogens is 296 g/mol. The predicted molar refractivity (Wildman–Crippen MR) is 85.5 cm³/mol. The maximum absolute atomic E-state index is 12.3. The summed E-state index contributed by atoms with van der Waals surface area (Å²) < 4.78 is 5.53. The average molecular weight is 314 g/mol. The molecule has 0 bridgehead atoms. The molecule has 120 valence electrons. The van der Waals surface area contributed by atoms with Gasteiger partial charge in [0, 0.05) is 6.54 Å². The van der Waals surface area contributed by atoms with E-state index in [0.29, 0.717) is 36.3 Å². The summed E-state index contributed by atoms with van der Waals surface area (Å²) in [5.41, 5.74) is 1.01.